The Morgan fingerprint density at radius 3 is 2.52 bits per heavy atom. The van der Waals surface area contributed by atoms with E-state index in [-0.39, 0.29) is 0 Å². The summed E-state index contributed by atoms with van der Waals surface area (Å²) in [4.78, 5) is 20.4. The quantitative estimate of drug-likeness (QED) is 0.585. The average molecular weight is 297 g/mol. The van der Waals surface area contributed by atoms with E-state index in [9.17, 15) is 4.79 Å². The number of amidine groups is 1. The standard InChI is InChI=1S/C15H27N3O3/c1-3-14(18-8-10-20-11-9-18)16-15(19)21-12-13-4-6-17(2)7-5-13/h13H,3-12H2,1-2H3/b16-14-. The van der Waals surface area contributed by atoms with Crippen molar-refractivity contribution in [2.24, 2.45) is 10.9 Å². The van der Waals surface area contributed by atoms with Gasteiger partial charge in [0.1, 0.15) is 5.84 Å². The summed E-state index contributed by atoms with van der Waals surface area (Å²) < 4.78 is 10.7. The van der Waals surface area contributed by atoms with Crippen LogP contribution in [0.5, 0.6) is 0 Å². The van der Waals surface area contributed by atoms with Gasteiger partial charge < -0.3 is 19.3 Å². The molecule has 2 aliphatic heterocycles. The second-order valence-electron chi connectivity index (χ2n) is 5.80. The Morgan fingerprint density at radius 1 is 1.24 bits per heavy atom. The molecule has 0 aromatic rings. The van der Waals surface area contributed by atoms with Crippen LogP contribution in [0.4, 0.5) is 4.79 Å². The molecule has 2 rings (SSSR count). The Balaban J connectivity index is 1.77. The molecule has 2 heterocycles. The highest BCUT2D eigenvalue weighted by Gasteiger charge is 2.19. The number of piperidine rings is 1. The molecule has 0 radical (unpaired) electrons. The summed E-state index contributed by atoms with van der Waals surface area (Å²) >= 11 is 0. The molecule has 120 valence electrons. The number of rotatable bonds is 3. The number of aliphatic imine (C=N–C) groups is 1. The van der Waals surface area contributed by atoms with Gasteiger partial charge in [-0.2, -0.15) is 4.99 Å². The zero-order valence-electron chi connectivity index (χ0n) is 13.2. The summed E-state index contributed by atoms with van der Waals surface area (Å²) in [5, 5.41) is 0. The molecule has 1 amide bonds. The Hall–Kier alpha value is -1.14. The lowest BCUT2D eigenvalue weighted by atomic mass is 9.98. The largest absolute Gasteiger partial charge is 0.448 e. The molecule has 6 nitrogen and oxygen atoms in total. The zero-order valence-corrected chi connectivity index (χ0v) is 13.2. The van der Waals surface area contributed by atoms with E-state index < -0.39 is 6.09 Å². The highest BCUT2D eigenvalue weighted by Crippen LogP contribution is 2.16. The lowest BCUT2D eigenvalue weighted by Gasteiger charge is -2.29. The first-order valence-electron chi connectivity index (χ1n) is 7.94. The van der Waals surface area contributed by atoms with Crippen LogP contribution in [-0.2, 0) is 9.47 Å². The number of carbonyl (C=O) groups excluding carboxylic acids is 1. The van der Waals surface area contributed by atoms with Crippen molar-refractivity contribution in [1.29, 1.82) is 0 Å². The van der Waals surface area contributed by atoms with Gasteiger partial charge in [0.25, 0.3) is 0 Å². The van der Waals surface area contributed by atoms with Gasteiger partial charge in [0.15, 0.2) is 0 Å². The van der Waals surface area contributed by atoms with E-state index in [1.807, 2.05) is 6.92 Å². The lowest BCUT2D eigenvalue weighted by molar-refractivity contribution is 0.0668. The van der Waals surface area contributed by atoms with E-state index >= 15 is 0 Å². The minimum Gasteiger partial charge on any atom is -0.448 e. The van der Waals surface area contributed by atoms with Gasteiger partial charge in [0, 0.05) is 19.5 Å². The number of ether oxygens (including phenoxy) is 2. The van der Waals surface area contributed by atoms with Crippen LogP contribution in [0.15, 0.2) is 4.99 Å². The van der Waals surface area contributed by atoms with E-state index in [1.54, 1.807) is 0 Å². The minimum absolute atomic E-state index is 0.447. The van der Waals surface area contributed by atoms with Gasteiger partial charge in [-0.1, -0.05) is 6.92 Å². The van der Waals surface area contributed by atoms with Gasteiger partial charge in [0.2, 0.25) is 0 Å². The van der Waals surface area contributed by atoms with Crippen LogP contribution >= 0.6 is 0 Å². The third-order valence-corrected chi connectivity index (χ3v) is 4.19. The van der Waals surface area contributed by atoms with Gasteiger partial charge in [0.05, 0.1) is 19.8 Å². The van der Waals surface area contributed by atoms with Crippen LogP contribution in [0, 0.1) is 5.92 Å². The molecule has 0 aromatic heterocycles. The van der Waals surface area contributed by atoms with Gasteiger partial charge in [-0.25, -0.2) is 4.79 Å². The molecule has 0 unspecified atom stereocenters. The van der Waals surface area contributed by atoms with E-state index in [0.29, 0.717) is 25.7 Å². The second-order valence-corrected chi connectivity index (χ2v) is 5.80. The predicted molar refractivity (Wildman–Crippen MR) is 81.7 cm³/mol. The first-order chi connectivity index (χ1) is 10.2. The summed E-state index contributed by atoms with van der Waals surface area (Å²) in [7, 11) is 2.13. The SMILES string of the molecule is CC/C(=N/C(=O)OCC1CCN(C)CC1)N1CCOCC1. The van der Waals surface area contributed by atoms with Crippen molar-refractivity contribution in [1.82, 2.24) is 9.80 Å². The van der Waals surface area contributed by atoms with Crippen molar-refractivity contribution in [2.75, 3.05) is 53.0 Å². The number of nitrogens with zero attached hydrogens (tertiary/aromatic N) is 3. The van der Waals surface area contributed by atoms with Gasteiger partial charge in [-0.15, -0.1) is 0 Å². The van der Waals surface area contributed by atoms with Crippen molar-refractivity contribution < 1.29 is 14.3 Å². The maximum atomic E-state index is 11.9. The molecule has 6 heteroatoms. The summed E-state index contributed by atoms with van der Waals surface area (Å²) in [6.07, 6.45) is 2.48. The highest BCUT2D eigenvalue weighted by molar-refractivity contribution is 5.91. The predicted octanol–water partition coefficient (Wildman–Crippen LogP) is 1.61. The number of likely N-dealkylation sites (tertiary alicyclic amines) is 1. The number of hydrogen-bond donors (Lipinski definition) is 0. The molecule has 0 atom stereocenters. The first-order valence-corrected chi connectivity index (χ1v) is 7.94. The fraction of sp³-hybridized carbons (Fsp3) is 0.867. The zero-order chi connectivity index (χ0) is 15.1. The number of hydrogen-bond acceptors (Lipinski definition) is 4. The van der Waals surface area contributed by atoms with Crippen LogP contribution in [-0.4, -0.2) is 74.8 Å². The van der Waals surface area contributed by atoms with Crippen LogP contribution in [0.2, 0.25) is 0 Å². The first kappa shape index (κ1) is 16.2. The Morgan fingerprint density at radius 2 is 1.90 bits per heavy atom. The summed E-state index contributed by atoms with van der Waals surface area (Å²) in [6, 6.07) is 0. The summed E-state index contributed by atoms with van der Waals surface area (Å²) in [5.41, 5.74) is 0. The van der Waals surface area contributed by atoms with Gasteiger partial charge in [-0.3, -0.25) is 0 Å². The Kier molecular flexibility index (Phi) is 6.45. The molecule has 0 aliphatic carbocycles. The molecule has 2 fully saturated rings. The Labute approximate surface area is 127 Å². The van der Waals surface area contributed by atoms with E-state index in [0.717, 1.165) is 51.3 Å². The topological polar surface area (TPSA) is 54.4 Å². The maximum Gasteiger partial charge on any atom is 0.435 e. The molecule has 0 spiro atoms. The fourth-order valence-electron chi connectivity index (χ4n) is 2.75. The molecule has 2 aliphatic rings. The van der Waals surface area contributed by atoms with Crippen molar-refractivity contribution in [2.45, 2.75) is 26.2 Å². The number of morpholine rings is 1. The maximum absolute atomic E-state index is 11.9. The van der Waals surface area contributed by atoms with Crippen LogP contribution < -0.4 is 0 Å². The third kappa shape index (κ3) is 5.28. The van der Waals surface area contributed by atoms with Crippen molar-refractivity contribution in [3.63, 3.8) is 0 Å². The second kappa shape index (κ2) is 8.34. The molecule has 0 aromatic carbocycles. The fourth-order valence-corrected chi connectivity index (χ4v) is 2.75. The molecular formula is C15H27N3O3. The van der Waals surface area contributed by atoms with E-state index in [1.165, 1.54) is 0 Å². The van der Waals surface area contributed by atoms with Crippen LogP contribution in [0.25, 0.3) is 0 Å². The van der Waals surface area contributed by atoms with E-state index in [4.69, 9.17) is 9.47 Å². The number of amides is 1. The van der Waals surface area contributed by atoms with Crippen molar-refractivity contribution in [3.05, 3.63) is 0 Å². The van der Waals surface area contributed by atoms with Gasteiger partial charge in [-0.05, 0) is 38.9 Å². The van der Waals surface area contributed by atoms with Gasteiger partial charge >= 0.3 is 6.09 Å². The van der Waals surface area contributed by atoms with Crippen LogP contribution in [0.3, 0.4) is 0 Å². The molecule has 21 heavy (non-hydrogen) atoms. The summed E-state index contributed by atoms with van der Waals surface area (Å²) in [6.45, 7) is 7.67. The summed E-state index contributed by atoms with van der Waals surface area (Å²) in [5.74, 6) is 1.29. The Bertz CT molecular complexity index is 359. The minimum atomic E-state index is -0.447. The molecule has 0 N–H and O–H groups in total. The number of carbonyl (C=O) groups is 1. The van der Waals surface area contributed by atoms with Crippen LogP contribution in [0.1, 0.15) is 26.2 Å². The smallest absolute Gasteiger partial charge is 0.435 e. The lowest BCUT2D eigenvalue weighted by Crippen LogP contribution is -2.41. The average Bonchev–Trinajstić information content (AvgIpc) is 2.53. The normalized spacial score (nSPS) is 22.4. The third-order valence-electron chi connectivity index (χ3n) is 4.19. The molecule has 0 bridgehead atoms. The monoisotopic (exact) mass is 297 g/mol. The van der Waals surface area contributed by atoms with E-state index in [2.05, 4.69) is 21.8 Å². The molecule has 2 saturated heterocycles. The molecule has 0 saturated carbocycles. The van der Waals surface area contributed by atoms with Crippen molar-refractivity contribution >= 4 is 11.9 Å². The highest BCUT2D eigenvalue weighted by atomic mass is 16.5. The molecular weight excluding hydrogens is 270 g/mol. The van der Waals surface area contributed by atoms with Crippen molar-refractivity contribution in [3.8, 4) is 0 Å².